The van der Waals surface area contributed by atoms with Crippen LogP contribution in [0.4, 0.5) is 0 Å². The van der Waals surface area contributed by atoms with Crippen LogP contribution in [0.25, 0.3) is 22.1 Å². The fraction of sp³-hybridized carbons (Fsp3) is 0.267. The first kappa shape index (κ1) is 29.3. The Morgan fingerprint density at radius 1 is 0.643 bits per heavy atom. The Kier molecular flexibility index (Phi) is 9.88. The number of nitrogens with one attached hydrogen (secondary N) is 2. The van der Waals surface area contributed by atoms with Gasteiger partial charge in [0.1, 0.15) is 10.8 Å². The van der Waals surface area contributed by atoms with E-state index in [1.807, 2.05) is 58.3 Å². The highest BCUT2D eigenvalue weighted by Crippen LogP contribution is 2.14. The Bertz CT molecular complexity index is 1730. The molecule has 4 heterocycles. The minimum absolute atomic E-state index is 0.126. The van der Waals surface area contributed by atoms with E-state index in [1.165, 1.54) is 34.7 Å². The molecule has 0 aliphatic carbocycles. The number of aryl methyl sites for hydroxylation is 4. The molecule has 4 aromatic heterocycles. The number of H-pyrrole nitrogens is 2. The molecule has 0 fully saturated rings. The Balaban J connectivity index is 0.000000168. The zero-order valence-corrected chi connectivity index (χ0v) is 25.1. The molecule has 0 saturated heterocycles. The first-order chi connectivity index (χ1) is 20.6. The van der Waals surface area contributed by atoms with Gasteiger partial charge in [-0.05, 0) is 49.3 Å². The predicted octanol–water partition coefficient (Wildman–Crippen LogP) is 4.95. The van der Waals surface area contributed by atoms with Crippen LogP contribution in [-0.2, 0) is 25.9 Å². The molecule has 2 aromatic carbocycles. The van der Waals surface area contributed by atoms with E-state index < -0.39 is 0 Å². The quantitative estimate of drug-likeness (QED) is 0.167. The van der Waals surface area contributed by atoms with Crippen LogP contribution in [0, 0.1) is 0 Å². The topological polar surface area (TPSA) is 127 Å². The Hall–Kier alpha value is -4.16. The highest BCUT2D eigenvalue weighted by molar-refractivity contribution is 7.98. The number of thioether (sulfide) groups is 2. The maximum Gasteiger partial charge on any atom is 0.262 e. The molecule has 0 unspecified atom stereocenters. The molecule has 0 amide bonds. The van der Waals surface area contributed by atoms with Crippen LogP contribution < -0.4 is 11.1 Å². The highest BCUT2D eigenvalue weighted by atomic mass is 32.2. The number of aromatic nitrogens is 8. The molecule has 0 atom stereocenters. The largest absolute Gasteiger partial charge is 0.301 e. The maximum absolute atomic E-state index is 11.9. The van der Waals surface area contributed by atoms with Crippen LogP contribution in [-0.4, -0.2) is 52.0 Å². The van der Waals surface area contributed by atoms with Gasteiger partial charge in [0, 0.05) is 13.1 Å². The van der Waals surface area contributed by atoms with Crippen LogP contribution in [0.1, 0.15) is 24.0 Å². The fourth-order valence-electron chi connectivity index (χ4n) is 4.57. The second-order valence-corrected chi connectivity index (χ2v) is 11.1. The summed E-state index contributed by atoms with van der Waals surface area (Å²) in [5.74, 6) is 0. The van der Waals surface area contributed by atoms with E-state index in [9.17, 15) is 9.59 Å². The van der Waals surface area contributed by atoms with Gasteiger partial charge in [0.05, 0.1) is 12.4 Å². The number of aromatic amines is 2. The average Bonchev–Trinajstić information content (AvgIpc) is 3.63. The van der Waals surface area contributed by atoms with Crippen molar-refractivity contribution >= 4 is 45.6 Å². The lowest BCUT2D eigenvalue weighted by molar-refractivity contribution is 0.589. The lowest BCUT2D eigenvalue weighted by Gasteiger charge is -2.04. The normalized spacial score (nSPS) is 11.1. The molecule has 6 aromatic rings. The van der Waals surface area contributed by atoms with E-state index in [1.54, 1.807) is 12.4 Å². The van der Waals surface area contributed by atoms with Crippen LogP contribution in [0.2, 0.25) is 0 Å². The van der Waals surface area contributed by atoms with Crippen LogP contribution in [0.3, 0.4) is 0 Å². The molecule has 216 valence electrons. The van der Waals surface area contributed by atoms with Gasteiger partial charge in [0.2, 0.25) is 0 Å². The monoisotopic (exact) mass is 600 g/mol. The third-order valence-electron chi connectivity index (χ3n) is 6.71. The van der Waals surface area contributed by atoms with Gasteiger partial charge in [-0.3, -0.25) is 9.59 Å². The lowest BCUT2D eigenvalue weighted by Crippen LogP contribution is -2.10. The van der Waals surface area contributed by atoms with Gasteiger partial charge in [-0.1, -0.05) is 84.2 Å². The van der Waals surface area contributed by atoms with Gasteiger partial charge >= 0.3 is 0 Å². The van der Waals surface area contributed by atoms with Crippen LogP contribution in [0.5, 0.6) is 0 Å². The van der Waals surface area contributed by atoms with E-state index in [2.05, 4.69) is 54.4 Å². The zero-order valence-electron chi connectivity index (χ0n) is 23.5. The first-order valence-corrected chi connectivity index (χ1v) is 16.1. The summed E-state index contributed by atoms with van der Waals surface area (Å²) < 4.78 is 3.63. The number of hydrogen-bond donors (Lipinski definition) is 2. The molecular formula is C30H32N8O2S2. The number of benzene rings is 2. The van der Waals surface area contributed by atoms with Crippen molar-refractivity contribution in [2.45, 2.75) is 49.1 Å². The van der Waals surface area contributed by atoms with Gasteiger partial charge in [-0.2, -0.15) is 10.2 Å². The SMILES string of the molecule is CSc1nc2c(cnn2CCCc2ccccc2)c(=O)[nH]1.CSc1nc2c(cnn2CCCc2ccccc2)c(=O)[nH]1. The first-order valence-electron chi connectivity index (χ1n) is 13.6. The van der Waals surface area contributed by atoms with Crippen molar-refractivity contribution in [2.24, 2.45) is 0 Å². The van der Waals surface area contributed by atoms with Crippen molar-refractivity contribution < 1.29 is 0 Å². The van der Waals surface area contributed by atoms with Crippen molar-refractivity contribution in [1.29, 1.82) is 0 Å². The molecule has 0 spiro atoms. The van der Waals surface area contributed by atoms with Gasteiger partial charge in [0.15, 0.2) is 21.6 Å². The lowest BCUT2D eigenvalue weighted by atomic mass is 10.1. The van der Waals surface area contributed by atoms with Crippen molar-refractivity contribution in [3.8, 4) is 0 Å². The molecule has 10 nitrogen and oxygen atoms in total. The molecule has 0 saturated carbocycles. The number of rotatable bonds is 10. The molecular weight excluding hydrogens is 569 g/mol. The summed E-state index contributed by atoms with van der Waals surface area (Å²) in [7, 11) is 0. The summed E-state index contributed by atoms with van der Waals surface area (Å²) in [6.07, 6.45) is 10.9. The Morgan fingerprint density at radius 2 is 1.05 bits per heavy atom. The van der Waals surface area contributed by atoms with Crippen molar-refractivity contribution in [3.63, 3.8) is 0 Å². The zero-order chi connectivity index (χ0) is 29.3. The highest BCUT2D eigenvalue weighted by Gasteiger charge is 2.11. The average molecular weight is 601 g/mol. The third kappa shape index (κ3) is 7.18. The smallest absolute Gasteiger partial charge is 0.262 e. The molecule has 0 radical (unpaired) electrons. The molecule has 0 aliphatic heterocycles. The summed E-state index contributed by atoms with van der Waals surface area (Å²) in [5, 5.41) is 10.9. The Labute approximate surface area is 251 Å². The molecule has 2 N–H and O–H groups in total. The van der Waals surface area contributed by atoms with E-state index >= 15 is 0 Å². The van der Waals surface area contributed by atoms with Gasteiger partial charge in [0.25, 0.3) is 11.1 Å². The van der Waals surface area contributed by atoms with E-state index in [0.29, 0.717) is 32.4 Å². The van der Waals surface area contributed by atoms with Gasteiger partial charge in [-0.15, -0.1) is 0 Å². The van der Waals surface area contributed by atoms with Crippen molar-refractivity contribution in [1.82, 2.24) is 39.5 Å². The Morgan fingerprint density at radius 3 is 1.43 bits per heavy atom. The molecule has 6 rings (SSSR count). The van der Waals surface area contributed by atoms with Crippen LogP contribution >= 0.6 is 23.5 Å². The summed E-state index contributed by atoms with van der Waals surface area (Å²) in [5.41, 5.74) is 3.69. The number of hydrogen-bond acceptors (Lipinski definition) is 8. The summed E-state index contributed by atoms with van der Waals surface area (Å²) >= 11 is 2.85. The maximum atomic E-state index is 11.9. The predicted molar refractivity (Wildman–Crippen MR) is 169 cm³/mol. The summed E-state index contributed by atoms with van der Waals surface area (Å²) in [6, 6.07) is 20.7. The number of nitrogens with zero attached hydrogens (tertiary/aromatic N) is 6. The minimum Gasteiger partial charge on any atom is -0.301 e. The van der Waals surface area contributed by atoms with E-state index in [0.717, 1.165) is 38.8 Å². The fourth-order valence-corrected chi connectivity index (χ4v) is 5.31. The molecule has 0 aliphatic rings. The molecule has 12 heteroatoms. The molecule has 42 heavy (non-hydrogen) atoms. The van der Waals surface area contributed by atoms with E-state index in [-0.39, 0.29) is 11.1 Å². The van der Waals surface area contributed by atoms with E-state index in [4.69, 9.17) is 0 Å². The van der Waals surface area contributed by atoms with Crippen molar-refractivity contribution in [2.75, 3.05) is 12.5 Å². The second-order valence-electron chi connectivity index (χ2n) is 9.54. The number of fused-ring (bicyclic) bond motifs is 2. The summed E-state index contributed by atoms with van der Waals surface area (Å²) in [6.45, 7) is 1.51. The third-order valence-corrected chi connectivity index (χ3v) is 7.87. The van der Waals surface area contributed by atoms with Crippen LogP contribution in [0.15, 0.2) is 93.0 Å². The standard InChI is InChI=1S/2C15H16N4OS/c2*1-21-15-17-13-12(14(20)18-15)10-16-19(13)9-5-8-11-6-3-2-4-7-11/h2*2-4,6-7,10H,5,8-9H2,1H3,(H,17,18,20). The molecule has 0 bridgehead atoms. The van der Waals surface area contributed by atoms with Gasteiger partial charge < -0.3 is 9.97 Å². The van der Waals surface area contributed by atoms with Gasteiger partial charge in [-0.25, -0.2) is 19.3 Å². The summed E-state index contributed by atoms with van der Waals surface area (Å²) in [4.78, 5) is 38.2. The van der Waals surface area contributed by atoms with Crippen molar-refractivity contribution in [3.05, 3.63) is 105 Å². The minimum atomic E-state index is -0.126. The second kappa shape index (κ2) is 14.1.